The van der Waals surface area contributed by atoms with Crippen LogP contribution in [0.15, 0.2) is 53.6 Å². The van der Waals surface area contributed by atoms with Gasteiger partial charge in [0.2, 0.25) is 11.8 Å². The number of hydrazone groups is 1. The first kappa shape index (κ1) is 18.4. The van der Waals surface area contributed by atoms with Gasteiger partial charge < -0.3 is 5.32 Å². The fourth-order valence-corrected chi connectivity index (χ4v) is 2.34. The molecule has 2 N–H and O–H groups in total. The van der Waals surface area contributed by atoms with Crippen molar-refractivity contribution in [3.8, 4) is 0 Å². The summed E-state index contributed by atoms with van der Waals surface area (Å²) in [6, 6.07) is 14.6. The maximum Gasteiger partial charge on any atom is 0.240 e. The Morgan fingerprint density at radius 3 is 2.42 bits per heavy atom. The van der Waals surface area contributed by atoms with Crippen molar-refractivity contribution < 1.29 is 9.59 Å². The van der Waals surface area contributed by atoms with Gasteiger partial charge in [-0.1, -0.05) is 29.8 Å². The van der Waals surface area contributed by atoms with Crippen molar-refractivity contribution in [1.29, 1.82) is 0 Å². The molecule has 2 rings (SSSR count). The minimum Gasteiger partial charge on any atom is -0.326 e. The Kier molecular flexibility index (Phi) is 7.20. The summed E-state index contributed by atoms with van der Waals surface area (Å²) < 4.78 is 1.08. The third kappa shape index (κ3) is 6.29. The molecule has 0 aliphatic carbocycles. The molecule has 2 aromatic rings. The number of carbonyl (C=O) groups excluding carboxylic acids is 2. The van der Waals surface area contributed by atoms with Gasteiger partial charge in [-0.05, 0) is 52.9 Å². The zero-order valence-electron chi connectivity index (χ0n) is 12.6. The van der Waals surface area contributed by atoms with E-state index in [4.69, 9.17) is 11.6 Å². The molecular weight excluding hydrogens is 441 g/mol. The fraction of sp³-hybridized carbons (Fsp3) is 0.118. The fourth-order valence-electron chi connectivity index (χ4n) is 1.79. The van der Waals surface area contributed by atoms with Gasteiger partial charge in [0.25, 0.3) is 0 Å². The Labute approximate surface area is 158 Å². The first-order chi connectivity index (χ1) is 11.5. The number of rotatable bonds is 6. The minimum atomic E-state index is -0.337. The highest BCUT2D eigenvalue weighted by Gasteiger charge is 2.06. The maximum atomic E-state index is 11.8. The Hall–Kier alpha value is -1.93. The number of amides is 2. The highest BCUT2D eigenvalue weighted by Crippen LogP contribution is 2.12. The van der Waals surface area contributed by atoms with Crippen LogP contribution < -0.4 is 10.7 Å². The smallest absolute Gasteiger partial charge is 0.240 e. The standard InChI is InChI=1S/C17H15ClIN3O2/c18-15-4-2-1-3-12(15)11-20-22-17(24)10-9-16(23)21-14-7-5-13(19)6-8-14/h1-8,11H,9-10H2,(H,21,23)(H,22,24)/b20-11-. The molecule has 5 nitrogen and oxygen atoms in total. The lowest BCUT2D eigenvalue weighted by molar-refractivity contribution is -0.124. The van der Waals surface area contributed by atoms with Crippen LogP contribution in [0.5, 0.6) is 0 Å². The van der Waals surface area contributed by atoms with E-state index in [1.165, 1.54) is 6.21 Å². The highest BCUT2D eigenvalue weighted by molar-refractivity contribution is 14.1. The van der Waals surface area contributed by atoms with Crippen molar-refractivity contribution in [2.24, 2.45) is 5.10 Å². The van der Waals surface area contributed by atoms with E-state index in [0.29, 0.717) is 16.3 Å². The van der Waals surface area contributed by atoms with Gasteiger partial charge in [0.05, 0.1) is 6.21 Å². The molecule has 0 saturated carbocycles. The summed E-state index contributed by atoms with van der Waals surface area (Å²) in [4.78, 5) is 23.5. The Bertz CT molecular complexity index is 748. The number of hydrogen-bond donors (Lipinski definition) is 2. The second-order valence-electron chi connectivity index (χ2n) is 4.87. The van der Waals surface area contributed by atoms with Gasteiger partial charge in [-0.25, -0.2) is 5.43 Å². The van der Waals surface area contributed by atoms with Gasteiger partial charge >= 0.3 is 0 Å². The summed E-state index contributed by atoms with van der Waals surface area (Å²) >= 11 is 8.16. The average molecular weight is 456 g/mol. The van der Waals surface area contributed by atoms with E-state index in [-0.39, 0.29) is 24.7 Å². The predicted molar refractivity (Wildman–Crippen MR) is 104 cm³/mol. The first-order valence-corrected chi connectivity index (χ1v) is 8.62. The van der Waals surface area contributed by atoms with Gasteiger partial charge in [0, 0.05) is 32.7 Å². The van der Waals surface area contributed by atoms with Crippen molar-refractivity contribution in [3.63, 3.8) is 0 Å². The largest absolute Gasteiger partial charge is 0.326 e. The number of hydrogen-bond acceptors (Lipinski definition) is 3. The Morgan fingerprint density at radius 1 is 1.04 bits per heavy atom. The third-order valence-corrected chi connectivity index (χ3v) is 4.07. The molecule has 0 aromatic heterocycles. The quantitative estimate of drug-likeness (QED) is 0.395. The second-order valence-corrected chi connectivity index (χ2v) is 6.52. The topological polar surface area (TPSA) is 70.6 Å². The lowest BCUT2D eigenvalue weighted by Crippen LogP contribution is -2.20. The molecule has 0 bridgehead atoms. The lowest BCUT2D eigenvalue weighted by Gasteiger charge is -2.05. The van der Waals surface area contributed by atoms with Crippen molar-refractivity contribution in [3.05, 3.63) is 62.7 Å². The molecule has 0 unspecified atom stereocenters. The van der Waals surface area contributed by atoms with Gasteiger partial charge in [0.1, 0.15) is 0 Å². The van der Waals surface area contributed by atoms with Crippen LogP contribution in [0.3, 0.4) is 0 Å². The number of carbonyl (C=O) groups is 2. The number of halogens is 2. The Balaban J connectivity index is 1.73. The summed E-state index contributed by atoms with van der Waals surface area (Å²) in [6.07, 6.45) is 1.60. The summed E-state index contributed by atoms with van der Waals surface area (Å²) in [5, 5.41) is 7.12. The van der Waals surface area contributed by atoms with E-state index < -0.39 is 0 Å². The van der Waals surface area contributed by atoms with E-state index in [1.807, 2.05) is 36.4 Å². The van der Waals surface area contributed by atoms with E-state index in [0.717, 1.165) is 3.57 Å². The van der Waals surface area contributed by atoms with E-state index in [1.54, 1.807) is 12.1 Å². The second kappa shape index (κ2) is 9.39. The summed E-state index contributed by atoms with van der Waals surface area (Å²) in [7, 11) is 0. The van der Waals surface area contributed by atoms with Crippen LogP contribution in [-0.2, 0) is 9.59 Å². The molecule has 2 amide bonds. The summed E-state index contributed by atoms with van der Waals surface area (Å²) in [6.45, 7) is 0. The minimum absolute atomic E-state index is 0.0516. The molecule has 2 aromatic carbocycles. The molecule has 0 fully saturated rings. The van der Waals surface area contributed by atoms with Gasteiger partial charge in [-0.15, -0.1) is 0 Å². The predicted octanol–water partition coefficient (Wildman–Crippen LogP) is 3.81. The highest BCUT2D eigenvalue weighted by atomic mass is 127. The molecule has 0 atom stereocenters. The van der Waals surface area contributed by atoms with Crippen LogP contribution in [0.1, 0.15) is 18.4 Å². The molecule has 0 radical (unpaired) electrons. The van der Waals surface area contributed by atoms with E-state index in [9.17, 15) is 9.59 Å². The molecular formula is C17H15ClIN3O2. The monoisotopic (exact) mass is 455 g/mol. The molecule has 0 saturated heterocycles. The van der Waals surface area contributed by atoms with Crippen LogP contribution in [-0.4, -0.2) is 18.0 Å². The molecule has 24 heavy (non-hydrogen) atoms. The number of nitrogens with zero attached hydrogens (tertiary/aromatic N) is 1. The lowest BCUT2D eigenvalue weighted by atomic mass is 10.2. The van der Waals surface area contributed by atoms with E-state index in [2.05, 4.69) is 38.4 Å². The molecule has 124 valence electrons. The zero-order valence-corrected chi connectivity index (χ0v) is 15.5. The van der Waals surface area contributed by atoms with Gasteiger partial charge in [0.15, 0.2) is 0 Å². The van der Waals surface area contributed by atoms with Crippen LogP contribution in [0.2, 0.25) is 5.02 Å². The van der Waals surface area contributed by atoms with Crippen LogP contribution in [0.4, 0.5) is 5.69 Å². The van der Waals surface area contributed by atoms with Crippen molar-refractivity contribution in [2.75, 3.05) is 5.32 Å². The van der Waals surface area contributed by atoms with Crippen LogP contribution >= 0.6 is 34.2 Å². The van der Waals surface area contributed by atoms with Crippen molar-refractivity contribution >= 4 is 57.9 Å². The Morgan fingerprint density at radius 2 is 1.71 bits per heavy atom. The number of anilines is 1. The van der Waals surface area contributed by atoms with E-state index >= 15 is 0 Å². The number of nitrogens with one attached hydrogen (secondary N) is 2. The van der Waals surface area contributed by atoms with Crippen LogP contribution in [0, 0.1) is 3.57 Å². The summed E-state index contributed by atoms with van der Waals surface area (Å²) in [5.74, 6) is -0.558. The summed E-state index contributed by atoms with van der Waals surface area (Å²) in [5.41, 5.74) is 3.79. The molecule has 0 heterocycles. The van der Waals surface area contributed by atoms with Crippen LogP contribution in [0.25, 0.3) is 0 Å². The SMILES string of the molecule is O=C(CCC(=O)Nc1ccc(I)cc1)N/N=C\c1ccccc1Cl. The van der Waals surface area contributed by atoms with Crippen molar-refractivity contribution in [2.45, 2.75) is 12.8 Å². The van der Waals surface area contributed by atoms with Gasteiger partial charge in [-0.3, -0.25) is 9.59 Å². The van der Waals surface area contributed by atoms with Crippen molar-refractivity contribution in [1.82, 2.24) is 5.43 Å². The molecule has 0 aliphatic heterocycles. The third-order valence-electron chi connectivity index (χ3n) is 3.01. The molecule has 0 aliphatic rings. The van der Waals surface area contributed by atoms with Gasteiger partial charge in [-0.2, -0.15) is 5.10 Å². The first-order valence-electron chi connectivity index (χ1n) is 7.16. The molecule has 7 heteroatoms. The molecule has 0 spiro atoms. The number of benzene rings is 2. The average Bonchev–Trinajstić information content (AvgIpc) is 2.57. The normalized spacial score (nSPS) is 10.6. The maximum absolute atomic E-state index is 11.8. The zero-order chi connectivity index (χ0) is 17.4.